The van der Waals surface area contributed by atoms with Gasteiger partial charge >= 0.3 is 6.09 Å². The maximum Gasteiger partial charge on any atom is 0.416 e. The van der Waals surface area contributed by atoms with E-state index in [1.807, 2.05) is 26.0 Å². The molecule has 1 saturated heterocycles. The number of carbonyl (C=O) groups is 1. The molecule has 160 valence electrons. The number of nitrogens with zero attached hydrogens (tertiary/aromatic N) is 5. The summed E-state index contributed by atoms with van der Waals surface area (Å²) < 4.78 is 10.8. The molecular weight excluding hydrogens is 420 g/mol. The van der Waals surface area contributed by atoms with Crippen molar-refractivity contribution in [1.29, 1.82) is 0 Å². The minimum absolute atomic E-state index is 0.343. The molecule has 1 aliphatic carbocycles. The molecule has 2 atom stereocenters. The van der Waals surface area contributed by atoms with Crippen molar-refractivity contribution in [2.45, 2.75) is 38.3 Å². The van der Waals surface area contributed by atoms with Gasteiger partial charge in [0.2, 0.25) is 17.7 Å². The normalized spacial score (nSPS) is 21.8. The fourth-order valence-electron chi connectivity index (χ4n) is 3.83. The van der Waals surface area contributed by atoms with Crippen molar-refractivity contribution >= 4 is 29.5 Å². The molecule has 10 heteroatoms. The van der Waals surface area contributed by atoms with E-state index in [9.17, 15) is 4.79 Å². The number of nitrogens with one attached hydrogen (secondary N) is 1. The Labute approximate surface area is 183 Å². The lowest BCUT2D eigenvalue weighted by Crippen LogP contribution is -2.47. The Morgan fingerprint density at radius 3 is 2.74 bits per heavy atom. The summed E-state index contributed by atoms with van der Waals surface area (Å²) in [5, 5.41) is 7.84. The molecule has 5 rings (SSSR count). The van der Waals surface area contributed by atoms with E-state index in [-0.39, 0.29) is 17.7 Å². The van der Waals surface area contributed by atoms with Gasteiger partial charge in [0.15, 0.2) is 0 Å². The van der Waals surface area contributed by atoms with Crippen LogP contribution < -0.4 is 10.2 Å². The number of carbonyl (C=O) groups excluding carboxylic acids is 1. The van der Waals surface area contributed by atoms with Crippen LogP contribution in [-0.4, -0.2) is 38.3 Å². The first kappa shape index (κ1) is 19.7. The smallest absolute Gasteiger partial charge is 0.416 e. The van der Waals surface area contributed by atoms with Crippen LogP contribution in [0.3, 0.4) is 0 Å². The molecule has 0 unspecified atom stereocenters. The third kappa shape index (κ3) is 3.69. The Bertz CT molecular complexity index is 1120. The van der Waals surface area contributed by atoms with Crippen LogP contribution >= 0.6 is 11.6 Å². The minimum atomic E-state index is -0.381. The molecule has 0 bridgehead atoms. The first-order valence-electron chi connectivity index (χ1n) is 10.1. The average molecular weight is 441 g/mol. The molecule has 2 fully saturated rings. The molecule has 9 nitrogen and oxygen atoms in total. The number of hydrogen-bond acceptors (Lipinski definition) is 8. The Balaban J connectivity index is 1.34. The predicted molar refractivity (Wildman–Crippen MR) is 114 cm³/mol. The van der Waals surface area contributed by atoms with E-state index in [0.717, 1.165) is 18.4 Å². The summed E-state index contributed by atoms with van der Waals surface area (Å²) >= 11 is 5.93. The SMILES string of the molecule is C[C@@H](Nc1nccc(N2C(=O)OC[C@]2(C)C2CC2)n1)c1nc(-c2ccc(Cl)cc2)no1. The zero-order valence-corrected chi connectivity index (χ0v) is 17.8. The van der Waals surface area contributed by atoms with Crippen LogP contribution in [0.15, 0.2) is 41.1 Å². The van der Waals surface area contributed by atoms with Crippen molar-refractivity contribution in [3.63, 3.8) is 0 Å². The molecule has 1 aromatic carbocycles. The second kappa shape index (κ2) is 7.49. The van der Waals surface area contributed by atoms with E-state index < -0.39 is 0 Å². The number of cyclic esters (lactones) is 1. The van der Waals surface area contributed by atoms with Crippen molar-refractivity contribution in [2.24, 2.45) is 5.92 Å². The number of hydrogen-bond donors (Lipinski definition) is 1. The van der Waals surface area contributed by atoms with Crippen LogP contribution in [0.2, 0.25) is 5.02 Å². The fraction of sp³-hybridized carbons (Fsp3) is 0.381. The minimum Gasteiger partial charge on any atom is -0.447 e. The van der Waals surface area contributed by atoms with Crippen LogP contribution in [-0.2, 0) is 4.74 Å². The molecule has 3 heterocycles. The van der Waals surface area contributed by atoms with Crippen LogP contribution in [0.1, 0.15) is 38.6 Å². The van der Waals surface area contributed by atoms with E-state index in [1.54, 1.807) is 29.3 Å². The lowest BCUT2D eigenvalue weighted by atomic mass is 9.96. The summed E-state index contributed by atoms with van der Waals surface area (Å²) in [4.78, 5) is 27.3. The predicted octanol–water partition coefficient (Wildman–Crippen LogP) is 4.48. The monoisotopic (exact) mass is 440 g/mol. The average Bonchev–Trinajstić information content (AvgIpc) is 3.43. The first-order chi connectivity index (χ1) is 14.9. The first-order valence-corrected chi connectivity index (χ1v) is 10.5. The van der Waals surface area contributed by atoms with Crippen molar-refractivity contribution < 1.29 is 14.1 Å². The van der Waals surface area contributed by atoms with Gasteiger partial charge in [-0.1, -0.05) is 16.8 Å². The molecule has 0 spiro atoms. The summed E-state index contributed by atoms with van der Waals surface area (Å²) in [7, 11) is 0. The van der Waals surface area contributed by atoms with Crippen LogP contribution in [0.25, 0.3) is 11.4 Å². The van der Waals surface area contributed by atoms with Gasteiger partial charge in [-0.15, -0.1) is 0 Å². The molecule has 2 aliphatic rings. The van der Waals surface area contributed by atoms with Crippen molar-refractivity contribution in [3.8, 4) is 11.4 Å². The topological polar surface area (TPSA) is 106 Å². The Morgan fingerprint density at radius 1 is 1.23 bits per heavy atom. The quantitative estimate of drug-likeness (QED) is 0.598. The Hall–Kier alpha value is -3.20. The number of ether oxygens (including phenoxy) is 1. The molecule has 1 N–H and O–H groups in total. The Morgan fingerprint density at radius 2 is 2.00 bits per heavy atom. The standard InChI is InChI=1S/C21H21ClN6O3/c1-12(18-26-17(27-31-18)13-3-7-15(22)8-4-13)24-19-23-10-9-16(25-19)28-20(29)30-11-21(28,2)14-5-6-14/h3-4,7-10,12,14H,5-6,11H2,1-2H3,(H,23,24,25)/t12-,21-/m1/s1. The third-order valence-electron chi connectivity index (χ3n) is 5.77. The molecule has 1 aliphatic heterocycles. The summed E-state index contributed by atoms with van der Waals surface area (Å²) in [6, 6.07) is 8.57. The molecule has 3 aromatic rings. The molecule has 31 heavy (non-hydrogen) atoms. The maximum atomic E-state index is 12.4. The zero-order valence-electron chi connectivity index (χ0n) is 17.1. The zero-order chi connectivity index (χ0) is 21.6. The molecule has 0 radical (unpaired) electrons. The number of amides is 1. The van der Waals surface area contributed by atoms with Gasteiger partial charge in [-0.2, -0.15) is 9.97 Å². The molecular formula is C21H21ClN6O3. The molecule has 2 aromatic heterocycles. The van der Waals surface area contributed by atoms with Gasteiger partial charge in [0.1, 0.15) is 18.5 Å². The van der Waals surface area contributed by atoms with E-state index in [4.69, 9.17) is 20.9 Å². The summed E-state index contributed by atoms with van der Waals surface area (Å²) in [5.41, 5.74) is 0.422. The number of rotatable bonds is 6. The third-order valence-corrected chi connectivity index (χ3v) is 6.02. The maximum absolute atomic E-state index is 12.4. The highest BCUT2D eigenvalue weighted by molar-refractivity contribution is 6.30. The lowest BCUT2D eigenvalue weighted by molar-refractivity contribution is 0.172. The number of benzene rings is 1. The number of aromatic nitrogens is 4. The fourth-order valence-corrected chi connectivity index (χ4v) is 3.96. The van der Waals surface area contributed by atoms with Gasteiger partial charge in [0.25, 0.3) is 0 Å². The van der Waals surface area contributed by atoms with Gasteiger partial charge in [-0.3, -0.25) is 4.90 Å². The molecule has 1 amide bonds. The van der Waals surface area contributed by atoms with Crippen molar-refractivity contribution in [1.82, 2.24) is 20.1 Å². The second-order valence-corrected chi connectivity index (χ2v) is 8.53. The van der Waals surface area contributed by atoms with Crippen LogP contribution in [0, 0.1) is 5.92 Å². The van der Waals surface area contributed by atoms with Crippen LogP contribution in [0.5, 0.6) is 0 Å². The largest absolute Gasteiger partial charge is 0.447 e. The number of anilines is 2. The Kier molecular flexibility index (Phi) is 4.77. The highest BCUT2D eigenvalue weighted by Gasteiger charge is 2.54. The van der Waals surface area contributed by atoms with Crippen LogP contribution in [0.4, 0.5) is 16.6 Å². The van der Waals surface area contributed by atoms with Gasteiger partial charge in [0.05, 0.1) is 5.54 Å². The van der Waals surface area contributed by atoms with Crippen molar-refractivity contribution in [3.05, 3.63) is 47.4 Å². The summed E-state index contributed by atoms with van der Waals surface area (Å²) in [6.45, 7) is 4.28. The van der Waals surface area contributed by atoms with Gasteiger partial charge in [-0.05, 0) is 62.9 Å². The van der Waals surface area contributed by atoms with Gasteiger partial charge in [-0.25, -0.2) is 9.78 Å². The highest BCUT2D eigenvalue weighted by Crippen LogP contribution is 2.47. The lowest BCUT2D eigenvalue weighted by Gasteiger charge is -2.31. The molecule has 1 saturated carbocycles. The second-order valence-electron chi connectivity index (χ2n) is 8.09. The van der Waals surface area contributed by atoms with Gasteiger partial charge in [0, 0.05) is 16.8 Å². The van der Waals surface area contributed by atoms with E-state index >= 15 is 0 Å². The van der Waals surface area contributed by atoms with Crippen molar-refractivity contribution in [2.75, 3.05) is 16.8 Å². The number of halogens is 1. The van der Waals surface area contributed by atoms with E-state index in [2.05, 4.69) is 25.4 Å². The van der Waals surface area contributed by atoms with Gasteiger partial charge < -0.3 is 14.6 Å². The van der Waals surface area contributed by atoms with E-state index in [0.29, 0.717) is 41.0 Å². The highest BCUT2D eigenvalue weighted by atomic mass is 35.5. The summed E-state index contributed by atoms with van der Waals surface area (Å²) in [6.07, 6.45) is 3.41. The van der Waals surface area contributed by atoms with E-state index in [1.165, 1.54) is 0 Å². The summed E-state index contributed by atoms with van der Waals surface area (Å²) in [5.74, 6) is 2.15.